The van der Waals surface area contributed by atoms with E-state index in [4.69, 9.17) is 4.42 Å². The van der Waals surface area contributed by atoms with E-state index in [-0.39, 0.29) is 0 Å². The molecule has 2 heterocycles. The second kappa shape index (κ2) is 10.3. The highest BCUT2D eigenvalue weighted by Gasteiger charge is 2.23. The molecule has 212 valence electrons. The van der Waals surface area contributed by atoms with Gasteiger partial charge in [0.2, 0.25) is 0 Å². The number of furan rings is 1. The Morgan fingerprint density at radius 3 is 1.76 bits per heavy atom. The topological polar surface area (TPSA) is 21.3 Å². The molecule has 45 heavy (non-hydrogen) atoms. The van der Waals surface area contributed by atoms with E-state index in [0.29, 0.717) is 0 Å². The van der Waals surface area contributed by atoms with E-state index in [1.165, 1.54) is 16.3 Å². The van der Waals surface area contributed by atoms with Crippen LogP contribution in [0.3, 0.4) is 0 Å². The summed E-state index contributed by atoms with van der Waals surface area (Å²) < 4.78 is 8.78. The van der Waals surface area contributed by atoms with Gasteiger partial charge in [0.15, 0.2) is 0 Å². The van der Waals surface area contributed by atoms with E-state index in [1.807, 2.05) is 6.07 Å². The van der Waals surface area contributed by atoms with Crippen LogP contribution in [-0.2, 0) is 0 Å². The fourth-order valence-electron chi connectivity index (χ4n) is 6.84. The molecule has 0 aliphatic heterocycles. The zero-order valence-electron chi connectivity index (χ0n) is 24.5. The Morgan fingerprint density at radius 2 is 1.02 bits per heavy atom. The monoisotopic (exact) mass is 576 g/mol. The van der Waals surface area contributed by atoms with Crippen molar-refractivity contribution in [2.75, 3.05) is 4.90 Å². The second-order valence-electron chi connectivity index (χ2n) is 11.4. The SMILES string of the molecule is c1ccc(N(c2ccccc2)c2cc3c4ccccc4n(-c4ccccc4)c3cc2-c2cccc3oc4ccccc4c23)cc1. The Morgan fingerprint density at radius 1 is 0.422 bits per heavy atom. The number of nitrogens with zero attached hydrogens (tertiary/aromatic N) is 2. The summed E-state index contributed by atoms with van der Waals surface area (Å²) in [4.78, 5) is 2.38. The molecular formula is C42H28N2O. The van der Waals surface area contributed by atoms with Gasteiger partial charge < -0.3 is 13.9 Å². The van der Waals surface area contributed by atoms with E-state index >= 15 is 0 Å². The number of anilines is 3. The van der Waals surface area contributed by atoms with Gasteiger partial charge in [-0.25, -0.2) is 0 Å². The molecule has 3 heteroatoms. The van der Waals surface area contributed by atoms with Gasteiger partial charge in [-0.1, -0.05) is 103 Å². The Hall–Kier alpha value is -6.06. The molecule has 2 aromatic heterocycles. The Labute approximate surface area is 260 Å². The minimum Gasteiger partial charge on any atom is -0.456 e. The molecule has 3 nitrogen and oxygen atoms in total. The molecule has 0 unspecified atom stereocenters. The van der Waals surface area contributed by atoms with Crippen LogP contribution in [0, 0.1) is 0 Å². The summed E-state index contributed by atoms with van der Waals surface area (Å²) in [6.45, 7) is 0. The van der Waals surface area contributed by atoms with Crippen LogP contribution in [0.2, 0.25) is 0 Å². The van der Waals surface area contributed by atoms with Crippen LogP contribution in [0.25, 0.3) is 60.6 Å². The first-order valence-electron chi connectivity index (χ1n) is 15.3. The van der Waals surface area contributed by atoms with Crippen molar-refractivity contribution in [3.05, 3.63) is 170 Å². The minimum absolute atomic E-state index is 0.884. The van der Waals surface area contributed by atoms with Gasteiger partial charge in [-0.3, -0.25) is 0 Å². The van der Waals surface area contributed by atoms with Crippen LogP contribution in [0.5, 0.6) is 0 Å². The first kappa shape index (κ1) is 25.4. The van der Waals surface area contributed by atoms with Crippen molar-refractivity contribution in [2.45, 2.75) is 0 Å². The number of benzene rings is 7. The number of rotatable bonds is 5. The Bertz CT molecular complexity index is 2440. The van der Waals surface area contributed by atoms with Crippen molar-refractivity contribution < 1.29 is 4.42 Å². The first-order valence-corrected chi connectivity index (χ1v) is 15.3. The van der Waals surface area contributed by atoms with Crippen LogP contribution < -0.4 is 4.90 Å². The van der Waals surface area contributed by atoms with E-state index in [1.54, 1.807) is 0 Å². The van der Waals surface area contributed by atoms with Crippen molar-refractivity contribution in [3.8, 4) is 16.8 Å². The summed E-state index contributed by atoms with van der Waals surface area (Å²) in [6.07, 6.45) is 0. The third-order valence-electron chi connectivity index (χ3n) is 8.77. The van der Waals surface area contributed by atoms with Crippen LogP contribution in [0.4, 0.5) is 17.1 Å². The maximum Gasteiger partial charge on any atom is 0.136 e. The molecule has 0 fully saturated rings. The molecule has 7 aromatic carbocycles. The largest absolute Gasteiger partial charge is 0.456 e. The fraction of sp³-hybridized carbons (Fsp3) is 0. The number of aromatic nitrogens is 1. The zero-order valence-corrected chi connectivity index (χ0v) is 24.5. The number of fused-ring (bicyclic) bond motifs is 6. The molecule has 0 atom stereocenters. The normalized spacial score (nSPS) is 11.6. The van der Waals surface area contributed by atoms with Crippen LogP contribution in [0.1, 0.15) is 0 Å². The summed E-state index contributed by atoms with van der Waals surface area (Å²) in [5, 5.41) is 4.66. The molecule has 0 amide bonds. The second-order valence-corrected chi connectivity index (χ2v) is 11.4. The molecule has 0 bridgehead atoms. The van der Waals surface area contributed by atoms with E-state index < -0.39 is 0 Å². The molecular weight excluding hydrogens is 548 g/mol. The minimum atomic E-state index is 0.884. The smallest absolute Gasteiger partial charge is 0.136 e. The molecule has 0 saturated heterocycles. The summed E-state index contributed by atoms with van der Waals surface area (Å²) in [5.41, 5.74) is 10.8. The molecule has 9 aromatic rings. The van der Waals surface area contributed by atoms with Crippen molar-refractivity contribution in [3.63, 3.8) is 0 Å². The van der Waals surface area contributed by atoms with Crippen LogP contribution >= 0.6 is 0 Å². The standard InChI is InChI=1S/C42H28N2O/c1-4-15-29(16-5-1)43(30-17-6-2-7-18-30)38-27-35-32-21-10-12-24-37(32)44(31-19-8-3-9-20-31)39(35)28-36(38)33-23-14-26-41-42(33)34-22-11-13-25-40(34)45-41/h1-28H. The maximum absolute atomic E-state index is 6.39. The lowest BCUT2D eigenvalue weighted by Crippen LogP contribution is -2.11. The van der Waals surface area contributed by atoms with Crippen LogP contribution in [-0.4, -0.2) is 4.57 Å². The van der Waals surface area contributed by atoms with Crippen molar-refractivity contribution in [1.82, 2.24) is 4.57 Å². The lowest BCUT2D eigenvalue weighted by molar-refractivity contribution is 0.669. The summed E-state index contributed by atoms with van der Waals surface area (Å²) >= 11 is 0. The lowest BCUT2D eigenvalue weighted by atomic mass is 9.95. The molecule has 9 rings (SSSR count). The fourth-order valence-corrected chi connectivity index (χ4v) is 6.84. The summed E-state index contributed by atoms with van der Waals surface area (Å²) in [6, 6.07) is 60.2. The van der Waals surface area contributed by atoms with Gasteiger partial charge in [0.25, 0.3) is 0 Å². The quantitative estimate of drug-likeness (QED) is 0.203. The molecule has 0 N–H and O–H groups in total. The third-order valence-corrected chi connectivity index (χ3v) is 8.77. The van der Waals surface area contributed by atoms with Gasteiger partial charge in [0, 0.05) is 44.2 Å². The highest BCUT2D eigenvalue weighted by molar-refractivity contribution is 6.17. The highest BCUT2D eigenvalue weighted by Crippen LogP contribution is 2.47. The van der Waals surface area contributed by atoms with Gasteiger partial charge >= 0.3 is 0 Å². The van der Waals surface area contributed by atoms with E-state index in [0.717, 1.165) is 61.3 Å². The zero-order chi connectivity index (χ0) is 29.7. The highest BCUT2D eigenvalue weighted by atomic mass is 16.3. The number of hydrogen-bond donors (Lipinski definition) is 0. The van der Waals surface area contributed by atoms with E-state index in [9.17, 15) is 0 Å². The van der Waals surface area contributed by atoms with Gasteiger partial charge in [-0.15, -0.1) is 0 Å². The first-order chi connectivity index (χ1) is 22.3. The van der Waals surface area contributed by atoms with Crippen molar-refractivity contribution in [1.29, 1.82) is 0 Å². The molecule has 0 radical (unpaired) electrons. The third kappa shape index (κ3) is 4.05. The number of para-hydroxylation sites is 5. The lowest BCUT2D eigenvalue weighted by Gasteiger charge is -2.28. The van der Waals surface area contributed by atoms with Gasteiger partial charge in [-0.2, -0.15) is 0 Å². The Kier molecular flexibility index (Phi) is 5.82. The van der Waals surface area contributed by atoms with Gasteiger partial charge in [-0.05, 0) is 72.3 Å². The molecule has 0 aliphatic rings. The van der Waals surface area contributed by atoms with Crippen molar-refractivity contribution >= 4 is 60.8 Å². The predicted molar refractivity (Wildman–Crippen MR) is 188 cm³/mol. The van der Waals surface area contributed by atoms with Crippen molar-refractivity contribution in [2.24, 2.45) is 0 Å². The van der Waals surface area contributed by atoms with E-state index in [2.05, 4.69) is 173 Å². The van der Waals surface area contributed by atoms with Crippen LogP contribution in [0.15, 0.2) is 174 Å². The van der Waals surface area contributed by atoms with Gasteiger partial charge in [0.1, 0.15) is 11.2 Å². The molecule has 0 aliphatic carbocycles. The number of hydrogen-bond acceptors (Lipinski definition) is 2. The Balaban J connectivity index is 1.46. The average Bonchev–Trinajstić information content (AvgIpc) is 3.65. The summed E-state index contributed by atoms with van der Waals surface area (Å²) in [5.74, 6) is 0. The summed E-state index contributed by atoms with van der Waals surface area (Å²) in [7, 11) is 0. The molecule has 0 spiro atoms. The maximum atomic E-state index is 6.39. The predicted octanol–water partition coefficient (Wildman–Crippen LogP) is 11.8. The molecule has 0 saturated carbocycles. The van der Waals surface area contributed by atoms with Gasteiger partial charge in [0.05, 0.1) is 16.7 Å². The average molecular weight is 577 g/mol.